The summed E-state index contributed by atoms with van der Waals surface area (Å²) >= 11 is 0. The molecule has 0 aliphatic carbocycles. The van der Waals surface area contributed by atoms with Crippen LogP contribution >= 0.6 is 0 Å². The van der Waals surface area contributed by atoms with Crippen molar-refractivity contribution in [2.24, 2.45) is 0 Å². The van der Waals surface area contributed by atoms with E-state index in [1.165, 1.54) is 4.90 Å². The van der Waals surface area contributed by atoms with Crippen LogP contribution < -0.4 is 0 Å². The van der Waals surface area contributed by atoms with Crippen molar-refractivity contribution in [3.63, 3.8) is 0 Å². The maximum absolute atomic E-state index is 11.9. The second-order valence-corrected chi connectivity index (χ2v) is 6.14. The number of rotatable bonds is 5. The van der Waals surface area contributed by atoms with Gasteiger partial charge in [-0.3, -0.25) is 9.59 Å². The van der Waals surface area contributed by atoms with Crippen LogP contribution in [0.5, 0.6) is 0 Å². The molecule has 110 valence electrons. The first-order valence-corrected chi connectivity index (χ1v) is 7.70. The first kappa shape index (κ1) is 16.2. The van der Waals surface area contributed by atoms with Crippen molar-refractivity contribution in [2.75, 3.05) is 20.4 Å². The van der Waals surface area contributed by atoms with E-state index in [-0.39, 0.29) is 12.3 Å². The van der Waals surface area contributed by atoms with Crippen LogP contribution in [0.3, 0.4) is 0 Å². The summed E-state index contributed by atoms with van der Waals surface area (Å²) in [6.45, 7) is 0. The number of hydrogen-bond donors (Lipinski definition) is 0. The number of benzene rings is 1. The summed E-state index contributed by atoms with van der Waals surface area (Å²) in [6, 6.07) is 8.47. The Bertz CT molecular complexity index is 580. The maximum Gasteiger partial charge on any atom is 0.330 e. The second-order valence-electron chi connectivity index (χ2n) is 4.56. The Morgan fingerprint density at radius 1 is 1.20 bits per heavy atom. The molecule has 0 fully saturated rings. The van der Waals surface area contributed by atoms with Crippen LogP contribution in [0.2, 0.25) is 0 Å². The first-order valence-electron chi connectivity index (χ1n) is 5.89. The first-order chi connectivity index (χ1) is 9.20. The van der Waals surface area contributed by atoms with Gasteiger partial charge in [0.2, 0.25) is 5.91 Å². The van der Waals surface area contributed by atoms with Crippen molar-refractivity contribution in [2.45, 2.75) is 12.3 Å². The van der Waals surface area contributed by atoms with Crippen LogP contribution in [-0.2, 0) is 23.9 Å². The van der Waals surface area contributed by atoms with Gasteiger partial charge in [0.05, 0.1) is 12.2 Å². The molecule has 1 aromatic carbocycles. The second kappa shape index (κ2) is 6.51. The Hall–Kier alpha value is -1.89. The third-order valence-electron chi connectivity index (χ3n) is 2.60. The molecular formula is C13H17NO5S. The fourth-order valence-electron chi connectivity index (χ4n) is 1.59. The molecule has 1 atom stereocenters. The Morgan fingerprint density at radius 3 is 2.20 bits per heavy atom. The molecule has 6 nitrogen and oxygen atoms in total. The SMILES string of the molecule is CN(C)C(=O)CC(C(=O)OS(C)(=O)=O)c1ccccc1. The van der Waals surface area contributed by atoms with Gasteiger partial charge < -0.3 is 9.08 Å². The average Bonchev–Trinajstić information content (AvgIpc) is 2.34. The van der Waals surface area contributed by atoms with E-state index in [0.717, 1.165) is 6.26 Å². The summed E-state index contributed by atoms with van der Waals surface area (Å²) < 4.78 is 26.5. The van der Waals surface area contributed by atoms with Gasteiger partial charge in [-0.2, -0.15) is 8.42 Å². The molecule has 1 amide bonds. The predicted octanol–water partition coefficient (Wildman–Crippen LogP) is 0.751. The van der Waals surface area contributed by atoms with Crippen molar-refractivity contribution in [1.82, 2.24) is 4.90 Å². The molecule has 1 unspecified atom stereocenters. The van der Waals surface area contributed by atoms with Gasteiger partial charge in [0.15, 0.2) is 0 Å². The van der Waals surface area contributed by atoms with Gasteiger partial charge in [-0.15, -0.1) is 0 Å². The molecule has 0 N–H and O–H groups in total. The van der Waals surface area contributed by atoms with E-state index in [4.69, 9.17) is 0 Å². The Balaban J connectivity index is 3.02. The van der Waals surface area contributed by atoms with Gasteiger partial charge in [0, 0.05) is 20.5 Å². The third-order valence-corrected chi connectivity index (χ3v) is 3.06. The highest BCUT2D eigenvalue weighted by atomic mass is 32.2. The fraction of sp³-hybridized carbons (Fsp3) is 0.385. The Morgan fingerprint density at radius 2 is 1.75 bits per heavy atom. The Kier molecular flexibility index (Phi) is 5.26. The average molecular weight is 299 g/mol. The zero-order valence-electron chi connectivity index (χ0n) is 11.6. The maximum atomic E-state index is 11.9. The molecule has 0 aliphatic heterocycles. The summed E-state index contributed by atoms with van der Waals surface area (Å²) in [4.78, 5) is 25.0. The summed E-state index contributed by atoms with van der Waals surface area (Å²) in [5.74, 6) is -2.18. The molecular weight excluding hydrogens is 282 g/mol. The van der Waals surface area contributed by atoms with E-state index in [0.29, 0.717) is 5.56 Å². The van der Waals surface area contributed by atoms with E-state index in [1.54, 1.807) is 44.4 Å². The van der Waals surface area contributed by atoms with Gasteiger partial charge in [0.1, 0.15) is 0 Å². The molecule has 7 heteroatoms. The van der Waals surface area contributed by atoms with E-state index >= 15 is 0 Å². The van der Waals surface area contributed by atoms with Crippen molar-refractivity contribution < 1.29 is 22.2 Å². The lowest BCUT2D eigenvalue weighted by Crippen LogP contribution is -2.28. The molecule has 0 bridgehead atoms. The lowest BCUT2D eigenvalue weighted by atomic mass is 9.95. The van der Waals surface area contributed by atoms with Gasteiger partial charge >= 0.3 is 16.1 Å². The molecule has 20 heavy (non-hydrogen) atoms. The fourth-order valence-corrected chi connectivity index (χ4v) is 2.00. The molecule has 0 heterocycles. The summed E-state index contributed by atoms with van der Waals surface area (Å²) in [5.41, 5.74) is 0.538. The minimum Gasteiger partial charge on any atom is -0.349 e. The highest BCUT2D eigenvalue weighted by molar-refractivity contribution is 7.86. The van der Waals surface area contributed by atoms with Crippen molar-refractivity contribution >= 4 is 22.0 Å². The summed E-state index contributed by atoms with van der Waals surface area (Å²) in [6.07, 6.45) is 0.645. The van der Waals surface area contributed by atoms with E-state index in [9.17, 15) is 18.0 Å². The number of hydrogen-bond acceptors (Lipinski definition) is 5. The van der Waals surface area contributed by atoms with Crippen LogP contribution in [0.25, 0.3) is 0 Å². The van der Waals surface area contributed by atoms with Crippen LogP contribution in [0.4, 0.5) is 0 Å². The van der Waals surface area contributed by atoms with Gasteiger partial charge in [0.25, 0.3) is 0 Å². The minimum atomic E-state index is -3.91. The van der Waals surface area contributed by atoms with Crippen molar-refractivity contribution in [1.29, 1.82) is 0 Å². The number of amides is 1. The molecule has 0 saturated carbocycles. The van der Waals surface area contributed by atoms with E-state index < -0.39 is 22.0 Å². The minimum absolute atomic E-state index is 0.147. The zero-order valence-corrected chi connectivity index (χ0v) is 12.4. The van der Waals surface area contributed by atoms with Crippen LogP contribution in [0, 0.1) is 0 Å². The lowest BCUT2D eigenvalue weighted by molar-refractivity contribution is -0.139. The number of carbonyl (C=O) groups is 2. The normalized spacial score (nSPS) is 12.6. The van der Waals surface area contributed by atoms with E-state index in [2.05, 4.69) is 4.18 Å². The molecule has 0 radical (unpaired) electrons. The molecule has 1 rings (SSSR count). The van der Waals surface area contributed by atoms with Crippen LogP contribution in [0.15, 0.2) is 30.3 Å². The Labute approximate surface area is 118 Å². The summed E-state index contributed by atoms with van der Waals surface area (Å²) in [5, 5.41) is 0. The van der Waals surface area contributed by atoms with Crippen molar-refractivity contribution in [3.05, 3.63) is 35.9 Å². The number of carbonyl (C=O) groups excluding carboxylic acids is 2. The quantitative estimate of drug-likeness (QED) is 0.750. The lowest BCUT2D eigenvalue weighted by Gasteiger charge is -2.17. The number of nitrogens with zero attached hydrogens (tertiary/aromatic N) is 1. The van der Waals surface area contributed by atoms with Crippen molar-refractivity contribution in [3.8, 4) is 0 Å². The van der Waals surface area contributed by atoms with Crippen LogP contribution in [-0.4, -0.2) is 45.5 Å². The highest BCUT2D eigenvalue weighted by Crippen LogP contribution is 2.22. The topological polar surface area (TPSA) is 80.8 Å². The molecule has 0 aliphatic rings. The molecule has 0 spiro atoms. The van der Waals surface area contributed by atoms with Crippen LogP contribution in [0.1, 0.15) is 17.9 Å². The smallest absolute Gasteiger partial charge is 0.330 e. The molecule has 0 saturated heterocycles. The largest absolute Gasteiger partial charge is 0.349 e. The standard InChI is InChI=1S/C13H17NO5S/c1-14(2)12(15)9-11(10-7-5-4-6-8-10)13(16)19-20(3,17)18/h4-8,11H,9H2,1-3H3. The molecule has 1 aromatic rings. The predicted molar refractivity (Wildman–Crippen MR) is 73.4 cm³/mol. The molecule has 0 aromatic heterocycles. The zero-order chi connectivity index (χ0) is 15.3. The monoisotopic (exact) mass is 299 g/mol. The van der Waals surface area contributed by atoms with E-state index in [1.807, 2.05) is 0 Å². The third kappa shape index (κ3) is 5.00. The van der Waals surface area contributed by atoms with Gasteiger partial charge in [-0.1, -0.05) is 30.3 Å². The summed E-state index contributed by atoms with van der Waals surface area (Å²) in [7, 11) is -0.783. The highest BCUT2D eigenvalue weighted by Gasteiger charge is 2.28. The van der Waals surface area contributed by atoms with Gasteiger partial charge in [-0.05, 0) is 5.56 Å². The van der Waals surface area contributed by atoms with Gasteiger partial charge in [-0.25, -0.2) is 0 Å².